The van der Waals surface area contributed by atoms with Crippen molar-refractivity contribution in [3.05, 3.63) is 52.0 Å². The zero-order chi connectivity index (χ0) is 14.0. The van der Waals surface area contributed by atoms with E-state index in [0.29, 0.717) is 11.3 Å². The van der Waals surface area contributed by atoms with Crippen molar-refractivity contribution < 1.29 is 19.2 Å². The van der Waals surface area contributed by atoms with Crippen molar-refractivity contribution in [2.24, 2.45) is 0 Å². The number of furan rings is 1. The van der Waals surface area contributed by atoms with Gasteiger partial charge in [0.2, 0.25) is 0 Å². The van der Waals surface area contributed by atoms with Crippen LogP contribution in [0, 0.1) is 17.0 Å². The topological polar surface area (TPSA) is 106 Å². The summed E-state index contributed by atoms with van der Waals surface area (Å²) in [5.74, 6) is -0.391. The molecule has 0 unspecified atom stereocenters. The molecule has 0 fully saturated rings. The summed E-state index contributed by atoms with van der Waals surface area (Å²) in [6.45, 7) is 1.63. The van der Waals surface area contributed by atoms with E-state index < -0.39 is 10.8 Å². The smallest absolute Gasteiger partial charge is 0.273 e. The number of amides is 1. The molecule has 0 spiro atoms. The van der Waals surface area contributed by atoms with E-state index in [0.717, 1.165) is 6.07 Å². The predicted molar refractivity (Wildman–Crippen MR) is 66.2 cm³/mol. The minimum atomic E-state index is -0.633. The van der Waals surface area contributed by atoms with Gasteiger partial charge in [0.15, 0.2) is 0 Å². The molecule has 0 aliphatic rings. The molecule has 0 bridgehead atoms. The number of phenols is 1. The summed E-state index contributed by atoms with van der Waals surface area (Å²) >= 11 is 0. The first-order valence-electron chi connectivity index (χ1n) is 5.32. The molecule has 0 aliphatic heterocycles. The number of phenolic OH excluding ortho intramolecular Hbond substituents is 1. The molecule has 0 saturated carbocycles. The van der Waals surface area contributed by atoms with Gasteiger partial charge in [-0.25, -0.2) is 0 Å². The van der Waals surface area contributed by atoms with Gasteiger partial charge in [0.25, 0.3) is 11.6 Å². The van der Waals surface area contributed by atoms with E-state index in [9.17, 15) is 20.0 Å². The molecule has 98 valence electrons. The predicted octanol–water partition coefficient (Wildman–Crippen LogP) is 2.45. The van der Waals surface area contributed by atoms with Gasteiger partial charge in [0.05, 0.1) is 28.5 Å². The zero-order valence-electron chi connectivity index (χ0n) is 9.91. The number of aromatic hydroxyl groups is 1. The normalized spacial score (nSPS) is 10.2. The third kappa shape index (κ3) is 2.54. The molecule has 2 aromatic rings. The van der Waals surface area contributed by atoms with Crippen molar-refractivity contribution in [3.8, 4) is 5.75 Å². The van der Waals surface area contributed by atoms with Crippen molar-refractivity contribution in [1.29, 1.82) is 0 Å². The molecule has 0 radical (unpaired) electrons. The molecule has 1 aromatic heterocycles. The van der Waals surface area contributed by atoms with E-state index >= 15 is 0 Å². The van der Waals surface area contributed by atoms with Gasteiger partial charge < -0.3 is 14.8 Å². The van der Waals surface area contributed by atoms with Gasteiger partial charge in [-0.05, 0) is 19.1 Å². The Hall–Kier alpha value is -2.83. The average Bonchev–Trinajstić information content (AvgIpc) is 2.77. The fourth-order valence-electron chi connectivity index (χ4n) is 1.55. The Kier molecular flexibility index (Phi) is 3.19. The third-order valence-electron chi connectivity index (χ3n) is 2.54. The maximum Gasteiger partial charge on any atom is 0.273 e. The lowest BCUT2D eigenvalue weighted by Crippen LogP contribution is -2.12. The number of aryl methyl sites for hydroxylation is 1. The summed E-state index contributed by atoms with van der Waals surface area (Å²) in [5, 5.41) is 22.6. The quantitative estimate of drug-likeness (QED) is 0.502. The van der Waals surface area contributed by atoms with Crippen molar-refractivity contribution in [2.45, 2.75) is 6.92 Å². The number of nitro groups is 1. The van der Waals surface area contributed by atoms with Crippen LogP contribution < -0.4 is 5.32 Å². The lowest BCUT2D eigenvalue weighted by molar-refractivity contribution is -0.384. The number of carbonyl (C=O) groups excluding carboxylic acids is 1. The Morgan fingerprint density at radius 1 is 1.42 bits per heavy atom. The Balaban J connectivity index is 2.23. The van der Waals surface area contributed by atoms with Crippen molar-refractivity contribution in [3.63, 3.8) is 0 Å². The van der Waals surface area contributed by atoms with E-state index in [1.165, 1.54) is 24.5 Å². The lowest BCUT2D eigenvalue weighted by atomic mass is 10.2. The summed E-state index contributed by atoms with van der Waals surface area (Å²) < 4.78 is 4.99. The number of hydrogen-bond acceptors (Lipinski definition) is 5. The van der Waals surface area contributed by atoms with Crippen LogP contribution in [0.4, 0.5) is 11.4 Å². The molecule has 0 saturated heterocycles. The largest absolute Gasteiger partial charge is 0.506 e. The Morgan fingerprint density at radius 2 is 2.16 bits per heavy atom. The highest BCUT2D eigenvalue weighted by atomic mass is 16.6. The van der Waals surface area contributed by atoms with Crippen molar-refractivity contribution in [1.82, 2.24) is 0 Å². The van der Waals surface area contributed by atoms with Gasteiger partial charge >= 0.3 is 0 Å². The number of anilines is 1. The van der Waals surface area contributed by atoms with E-state index in [-0.39, 0.29) is 17.1 Å². The molecular weight excluding hydrogens is 252 g/mol. The second kappa shape index (κ2) is 4.81. The molecular formula is C12H10N2O5. The molecule has 1 heterocycles. The van der Waals surface area contributed by atoms with Crippen LogP contribution in [0.15, 0.2) is 34.9 Å². The zero-order valence-corrected chi connectivity index (χ0v) is 9.91. The van der Waals surface area contributed by atoms with Gasteiger partial charge in [0.1, 0.15) is 11.5 Å². The summed E-state index contributed by atoms with van der Waals surface area (Å²) in [4.78, 5) is 21.7. The molecule has 0 aliphatic carbocycles. The number of nitro benzene ring substituents is 1. The van der Waals surface area contributed by atoms with Gasteiger partial charge in [-0.15, -0.1) is 0 Å². The first kappa shape index (κ1) is 12.6. The number of carbonyl (C=O) groups is 1. The van der Waals surface area contributed by atoms with Crippen LogP contribution in [0.5, 0.6) is 5.75 Å². The first-order valence-corrected chi connectivity index (χ1v) is 5.32. The maximum absolute atomic E-state index is 11.9. The molecule has 0 atom stereocenters. The summed E-state index contributed by atoms with van der Waals surface area (Å²) in [6, 6.07) is 4.92. The minimum Gasteiger partial charge on any atom is -0.506 e. The highest BCUT2D eigenvalue weighted by Crippen LogP contribution is 2.28. The molecule has 1 amide bonds. The fourth-order valence-corrected chi connectivity index (χ4v) is 1.55. The van der Waals surface area contributed by atoms with Crippen LogP contribution in [-0.2, 0) is 0 Å². The highest BCUT2D eigenvalue weighted by Gasteiger charge is 2.15. The second-order valence-electron chi connectivity index (χ2n) is 3.80. The summed E-state index contributed by atoms with van der Waals surface area (Å²) in [5.41, 5.74) is 0.170. The van der Waals surface area contributed by atoms with Gasteiger partial charge in [-0.3, -0.25) is 14.9 Å². The lowest BCUT2D eigenvalue weighted by Gasteiger charge is -2.06. The molecule has 7 heteroatoms. The molecule has 19 heavy (non-hydrogen) atoms. The van der Waals surface area contributed by atoms with E-state index in [1.807, 2.05) is 0 Å². The highest BCUT2D eigenvalue weighted by molar-refractivity contribution is 6.05. The van der Waals surface area contributed by atoms with E-state index in [2.05, 4.69) is 5.32 Å². The number of nitrogens with one attached hydrogen (secondary N) is 1. The molecule has 2 N–H and O–H groups in total. The van der Waals surface area contributed by atoms with Crippen LogP contribution in [0.1, 0.15) is 16.1 Å². The standard InChI is InChI=1S/C12H10N2O5/c1-7-9(4-5-19-7)12(16)13-10-3-2-8(14(17)18)6-11(10)15/h2-6,15H,1H3,(H,13,16). The summed E-state index contributed by atoms with van der Waals surface area (Å²) in [7, 11) is 0. The van der Waals surface area contributed by atoms with Crippen LogP contribution >= 0.6 is 0 Å². The molecule has 2 rings (SSSR count). The summed E-state index contributed by atoms with van der Waals surface area (Å²) in [6.07, 6.45) is 1.37. The van der Waals surface area contributed by atoms with Crippen LogP contribution in [0.2, 0.25) is 0 Å². The third-order valence-corrected chi connectivity index (χ3v) is 2.54. The number of benzene rings is 1. The Morgan fingerprint density at radius 3 is 2.68 bits per heavy atom. The van der Waals surface area contributed by atoms with Crippen LogP contribution in [0.3, 0.4) is 0 Å². The van der Waals surface area contributed by atoms with Crippen LogP contribution in [0.25, 0.3) is 0 Å². The van der Waals surface area contributed by atoms with Crippen molar-refractivity contribution >= 4 is 17.3 Å². The molecule has 1 aromatic carbocycles. The average molecular weight is 262 g/mol. The Bertz CT molecular complexity index is 647. The number of non-ortho nitro benzene ring substituents is 1. The number of nitrogens with zero attached hydrogens (tertiary/aromatic N) is 1. The first-order chi connectivity index (χ1) is 8.99. The van der Waals surface area contributed by atoms with Gasteiger partial charge in [-0.1, -0.05) is 0 Å². The van der Waals surface area contributed by atoms with Gasteiger partial charge in [-0.2, -0.15) is 0 Å². The second-order valence-corrected chi connectivity index (χ2v) is 3.80. The monoisotopic (exact) mass is 262 g/mol. The minimum absolute atomic E-state index is 0.0937. The number of hydrogen-bond donors (Lipinski definition) is 2. The fraction of sp³-hybridized carbons (Fsp3) is 0.0833. The van der Waals surface area contributed by atoms with E-state index in [1.54, 1.807) is 6.92 Å². The van der Waals surface area contributed by atoms with Crippen LogP contribution in [-0.4, -0.2) is 15.9 Å². The van der Waals surface area contributed by atoms with Crippen molar-refractivity contribution in [2.75, 3.05) is 5.32 Å². The Labute approximate surface area is 107 Å². The van der Waals surface area contributed by atoms with Gasteiger partial charge in [0, 0.05) is 6.07 Å². The molecule has 7 nitrogen and oxygen atoms in total. The maximum atomic E-state index is 11.9. The number of rotatable bonds is 3. The SMILES string of the molecule is Cc1occc1C(=O)Nc1ccc([N+](=O)[O-])cc1O. The van der Waals surface area contributed by atoms with E-state index in [4.69, 9.17) is 4.42 Å².